The van der Waals surface area contributed by atoms with Gasteiger partial charge in [-0.15, -0.1) is 5.10 Å². The summed E-state index contributed by atoms with van der Waals surface area (Å²) < 4.78 is 36.3. The number of ether oxygens (including phenoxy) is 2. The van der Waals surface area contributed by atoms with Crippen molar-refractivity contribution in [2.45, 2.75) is 57.8 Å². The highest BCUT2D eigenvalue weighted by Crippen LogP contribution is 2.36. The molecule has 3 aromatic heterocycles. The molecule has 186 valence electrons. The molecule has 0 bridgehead atoms. The number of pyridine rings is 2. The van der Waals surface area contributed by atoms with Gasteiger partial charge in [0.1, 0.15) is 11.3 Å². The maximum Gasteiger partial charge on any atom is 0.387 e. The minimum Gasteiger partial charge on any atom is -0.466 e. The van der Waals surface area contributed by atoms with Crippen LogP contribution in [0.3, 0.4) is 0 Å². The quantitative estimate of drug-likeness (QED) is 0.419. The summed E-state index contributed by atoms with van der Waals surface area (Å²) in [5.41, 5.74) is 0.398. The number of carbonyl (C=O) groups excluding carboxylic acids is 1. The molecule has 2 N–H and O–H groups in total. The second kappa shape index (κ2) is 10.3. The molecule has 0 aliphatic heterocycles. The van der Waals surface area contributed by atoms with Crippen molar-refractivity contribution in [2.75, 3.05) is 5.32 Å². The van der Waals surface area contributed by atoms with Crippen LogP contribution in [0.5, 0.6) is 10.9 Å². The molecule has 0 spiro atoms. The second-order valence-corrected chi connectivity index (χ2v) is 9.72. The predicted molar refractivity (Wildman–Crippen MR) is 125 cm³/mol. The summed E-state index contributed by atoms with van der Waals surface area (Å²) in [4.78, 5) is 21.0. The lowest BCUT2D eigenvalue weighted by molar-refractivity contribution is -0.0496. The standard InChI is InChI=1S/C22H22ClF2N5O4S/c1-11-7-13(14-8-17(23)27-10-16(14)34-19(24)25)15(9-26-11)18(31)28-20-29-30-21(35-20)33-12-3-5-22(2,32)6-4-12/h7-10,12,19,32H,3-6H2,1-2H3,(H,28,29,31). The highest BCUT2D eigenvalue weighted by Gasteiger charge is 2.30. The Morgan fingerprint density at radius 2 is 1.97 bits per heavy atom. The monoisotopic (exact) mass is 525 g/mol. The van der Waals surface area contributed by atoms with E-state index >= 15 is 0 Å². The zero-order chi connectivity index (χ0) is 25.2. The number of aliphatic hydroxyl groups is 1. The highest BCUT2D eigenvalue weighted by molar-refractivity contribution is 7.17. The van der Waals surface area contributed by atoms with Crippen molar-refractivity contribution in [2.24, 2.45) is 0 Å². The number of amides is 1. The van der Waals surface area contributed by atoms with Crippen molar-refractivity contribution >= 4 is 34.0 Å². The van der Waals surface area contributed by atoms with Crippen LogP contribution >= 0.6 is 22.9 Å². The van der Waals surface area contributed by atoms with Gasteiger partial charge in [-0.2, -0.15) is 8.78 Å². The molecule has 4 rings (SSSR count). The van der Waals surface area contributed by atoms with Crippen molar-refractivity contribution in [3.8, 4) is 22.1 Å². The Balaban J connectivity index is 1.54. The summed E-state index contributed by atoms with van der Waals surface area (Å²) in [6.07, 6.45) is 4.92. The lowest BCUT2D eigenvalue weighted by Gasteiger charge is -2.32. The van der Waals surface area contributed by atoms with E-state index in [1.807, 2.05) is 0 Å². The number of hydrogen-bond donors (Lipinski definition) is 2. The van der Waals surface area contributed by atoms with Crippen molar-refractivity contribution in [1.82, 2.24) is 20.2 Å². The number of nitrogens with one attached hydrogen (secondary N) is 1. The summed E-state index contributed by atoms with van der Waals surface area (Å²) >= 11 is 7.04. The summed E-state index contributed by atoms with van der Waals surface area (Å²) in [7, 11) is 0. The first-order valence-electron chi connectivity index (χ1n) is 10.7. The Morgan fingerprint density at radius 1 is 1.23 bits per heavy atom. The van der Waals surface area contributed by atoms with E-state index in [-0.39, 0.29) is 38.8 Å². The van der Waals surface area contributed by atoms with Crippen molar-refractivity contribution in [1.29, 1.82) is 0 Å². The van der Waals surface area contributed by atoms with E-state index in [1.165, 1.54) is 12.3 Å². The Morgan fingerprint density at radius 3 is 2.69 bits per heavy atom. The van der Waals surface area contributed by atoms with Gasteiger partial charge in [-0.3, -0.25) is 15.1 Å². The maximum absolute atomic E-state index is 13.1. The summed E-state index contributed by atoms with van der Waals surface area (Å²) in [5, 5.41) is 21.2. The smallest absolute Gasteiger partial charge is 0.387 e. The second-order valence-electron chi connectivity index (χ2n) is 8.39. The first-order valence-corrected chi connectivity index (χ1v) is 11.9. The van der Waals surface area contributed by atoms with E-state index in [2.05, 4.69) is 30.2 Å². The number of aromatic nitrogens is 4. The minimum absolute atomic E-state index is 0.0394. The summed E-state index contributed by atoms with van der Waals surface area (Å²) in [5.74, 6) is -0.818. The number of aryl methyl sites for hydroxylation is 1. The van der Waals surface area contributed by atoms with Crippen LogP contribution in [0.4, 0.5) is 13.9 Å². The van der Waals surface area contributed by atoms with E-state index in [0.29, 0.717) is 36.6 Å². The molecule has 3 aromatic rings. The van der Waals surface area contributed by atoms with Gasteiger partial charge in [0.2, 0.25) is 5.13 Å². The van der Waals surface area contributed by atoms with Gasteiger partial charge in [-0.1, -0.05) is 16.7 Å². The Labute approximate surface area is 208 Å². The lowest BCUT2D eigenvalue weighted by Crippen LogP contribution is -2.34. The average molecular weight is 526 g/mol. The van der Waals surface area contributed by atoms with Crippen LogP contribution in [-0.2, 0) is 0 Å². The van der Waals surface area contributed by atoms with Gasteiger partial charge >= 0.3 is 6.61 Å². The molecule has 0 saturated heterocycles. The Hall–Kier alpha value is -2.96. The first-order chi connectivity index (χ1) is 16.6. The fourth-order valence-corrected chi connectivity index (χ4v) is 4.54. The third kappa shape index (κ3) is 6.38. The molecule has 13 heteroatoms. The van der Waals surface area contributed by atoms with E-state index in [1.54, 1.807) is 19.9 Å². The molecule has 0 unspecified atom stereocenters. The molecule has 35 heavy (non-hydrogen) atoms. The largest absolute Gasteiger partial charge is 0.466 e. The van der Waals surface area contributed by atoms with Crippen molar-refractivity contribution in [3.63, 3.8) is 0 Å². The molecular weight excluding hydrogens is 504 g/mol. The summed E-state index contributed by atoms with van der Waals surface area (Å²) in [6, 6.07) is 2.90. The van der Waals surface area contributed by atoms with E-state index < -0.39 is 18.1 Å². The number of halogens is 3. The van der Waals surface area contributed by atoms with Crippen LogP contribution in [0.25, 0.3) is 11.1 Å². The van der Waals surface area contributed by atoms with Crippen LogP contribution < -0.4 is 14.8 Å². The molecule has 1 saturated carbocycles. The van der Waals surface area contributed by atoms with E-state index in [4.69, 9.17) is 16.3 Å². The van der Waals surface area contributed by atoms with Gasteiger partial charge < -0.3 is 14.6 Å². The van der Waals surface area contributed by atoms with Gasteiger partial charge in [-0.25, -0.2) is 4.98 Å². The molecular formula is C22H22ClF2N5O4S. The topological polar surface area (TPSA) is 119 Å². The lowest BCUT2D eigenvalue weighted by atomic mass is 9.85. The van der Waals surface area contributed by atoms with Gasteiger partial charge in [0.15, 0.2) is 5.75 Å². The van der Waals surface area contributed by atoms with Gasteiger partial charge in [0.25, 0.3) is 11.1 Å². The highest BCUT2D eigenvalue weighted by atomic mass is 35.5. The Kier molecular flexibility index (Phi) is 7.43. The average Bonchev–Trinajstić information content (AvgIpc) is 3.22. The normalized spacial score (nSPS) is 20.0. The molecule has 0 radical (unpaired) electrons. The molecule has 1 aliphatic rings. The molecule has 3 heterocycles. The number of carbonyl (C=O) groups is 1. The number of rotatable bonds is 7. The van der Waals surface area contributed by atoms with Crippen LogP contribution in [-0.4, -0.2) is 49.5 Å². The van der Waals surface area contributed by atoms with Gasteiger partial charge in [-0.05, 0) is 63.0 Å². The van der Waals surface area contributed by atoms with Crippen molar-refractivity contribution in [3.05, 3.63) is 40.9 Å². The van der Waals surface area contributed by atoms with Crippen LogP contribution in [0.2, 0.25) is 5.15 Å². The molecule has 1 fully saturated rings. The van der Waals surface area contributed by atoms with Gasteiger partial charge in [0, 0.05) is 23.0 Å². The van der Waals surface area contributed by atoms with Crippen LogP contribution in [0.15, 0.2) is 24.5 Å². The third-order valence-electron chi connectivity index (χ3n) is 5.53. The molecule has 0 aromatic carbocycles. The maximum atomic E-state index is 13.1. The third-order valence-corrected chi connectivity index (χ3v) is 6.47. The SMILES string of the molecule is Cc1cc(-c2cc(Cl)ncc2OC(F)F)c(C(=O)Nc2nnc(OC3CCC(C)(O)CC3)s2)cn1. The van der Waals surface area contributed by atoms with E-state index in [0.717, 1.165) is 17.5 Å². The van der Waals surface area contributed by atoms with E-state index in [9.17, 15) is 18.7 Å². The Bertz CT molecular complexity index is 1220. The molecule has 0 atom stereocenters. The van der Waals surface area contributed by atoms with Crippen molar-refractivity contribution < 1.29 is 28.2 Å². The number of hydrogen-bond acceptors (Lipinski definition) is 9. The zero-order valence-corrected chi connectivity index (χ0v) is 20.4. The van der Waals surface area contributed by atoms with Crippen LogP contribution in [0.1, 0.15) is 48.7 Å². The number of anilines is 1. The minimum atomic E-state index is -3.09. The first kappa shape index (κ1) is 25.1. The summed E-state index contributed by atoms with van der Waals surface area (Å²) in [6.45, 7) is 0.408. The number of alkyl halides is 2. The van der Waals surface area contributed by atoms with Gasteiger partial charge in [0.05, 0.1) is 17.4 Å². The zero-order valence-electron chi connectivity index (χ0n) is 18.8. The molecule has 1 aliphatic carbocycles. The molecule has 9 nitrogen and oxygen atoms in total. The number of nitrogens with zero attached hydrogens (tertiary/aromatic N) is 4. The molecule has 1 amide bonds. The van der Waals surface area contributed by atoms with Crippen LogP contribution in [0, 0.1) is 6.92 Å². The fraction of sp³-hybridized carbons (Fsp3) is 0.409. The fourth-order valence-electron chi connectivity index (χ4n) is 3.73. The predicted octanol–water partition coefficient (Wildman–Crippen LogP) is 4.88.